The van der Waals surface area contributed by atoms with E-state index in [1.807, 2.05) is 37.3 Å². The Bertz CT molecular complexity index is 346. The van der Waals surface area contributed by atoms with Crippen molar-refractivity contribution in [2.45, 2.75) is 19.8 Å². The molecule has 1 rings (SSSR count). The predicted molar refractivity (Wildman–Crippen MR) is 58.1 cm³/mol. The highest BCUT2D eigenvalue weighted by Crippen LogP contribution is 2.10. The van der Waals surface area contributed by atoms with Gasteiger partial charge in [-0.2, -0.15) is 0 Å². The summed E-state index contributed by atoms with van der Waals surface area (Å²) in [6, 6.07) is 9.72. The van der Waals surface area contributed by atoms with Crippen LogP contribution < -0.4 is 5.73 Å². The Labute approximate surface area is 89.3 Å². The monoisotopic (exact) mass is 205 g/mol. The number of primary amides is 1. The smallest absolute Gasteiger partial charge is 0.224 e. The fourth-order valence-electron chi connectivity index (χ4n) is 1.43. The molecule has 2 N–H and O–H groups in total. The van der Waals surface area contributed by atoms with Gasteiger partial charge in [0, 0.05) is 5.92 Å². The van der Waals surface area contributed by atoms with Crippen LogP contribution in [0.5, 0.6) is 0 Å². The van der Waals surface area contributed by atoms with E-state index in [-0.39, 0.29) is 18.1 Å². The zero-order chi connectivity index (χ0) is 11.3. The number of benzene rings is 1. The van der Waals surface area contributed by atoms with Crippen molar-refractivity contribution in [3.8, 4) is 0 Å². The molecule has 0 aliphatic heterocycles. The molecule has 0 bridgehead atoms. The number of carbonyl (C=O) groups excluding carboxylic acids is 2. The highest BCUT2D eigenvalue weighted by atomic mass is 16.2. The van der Waals surface area contributed by atoms with Crippen LogP contribution in [-0.2, 0) is 16.0 Å². The van der Waals surface area contributed by atoms with Gasteiger partial charge in [0.05, 0.1) is 6.42 Å². The quantitative estimate of drug-likeness (QED) is 0.737. The first-order valence-electron chi connectivity index (χ1n) is 4.94. The second-order valence-electron chi connectivity index (χ2n) is 3.70. The maximum Gasteiger partial charge on any atom is 0.224 e. The van der Waals surface area contributed by atoms with E-state index in [9.17, 15) is 9.59 Å². The first-order chi connectivity index (χ1) is 7.09. The fraction of sp³-hybridized carbons (Fsp3) is 0.333. The van der Waals surface area contributed by atoms with E-state index in [1.165, 1.54) is 0 Å². The van der Waals surface area contributed by atoms with E-state index in [1.54, 1.807) is 0 Å². The Balaban J connectivity index is 2.52. The molecule has 1 aromatic carbocycles. The molecule has 0 fully saturated rings. The molecular weight excluding hydrogens is 190 g/mol. The van der Waals surface area contributed by atoms with E-state index in [4.69, 9.17) is 5.73 Å². The van der Waals surface area contributed by atoms with E-state index in [0.717, 1.165) is 5.56 Å². The van der Waals surface area contributed by atoms with Gasteiger partial charge in [-0.05, 0) is 12.0 Å². The zero-order valence-electron chi connectivity index (χ0n) is 8.77. The lowest BCUT2D eigenvalue weighted by atomic mass is 9.95. The Morgan fingerprint density at radius 1 is 1.27 bits per heavy atom. The highest BCUT2D eigenvalue weighted by molar-refractivity contribution is 5.98. The number of Topliss-reactive ketones (excluding diaryl/α,β-unsaturated/α-hetero) is 1. The van der Waals surface area contributed by atoms with Crippen LogP contribution in [0.15, 0.2) is 30.3 Å². The Morgan fingerprint density at radius 2 is 1.87 bits per heavy atom. The lowest BCUT2D eigenvalue weighted by Crippen LogP contribution is -2.22. The number of amides is 1. The van der Waals surface area contributed by atoms with Crippen molar-refractivity contribution in [2.24, 2.45) is 11.7 Å². The van der Waals surface area contributed by atoms with E-state index in [2.05, 4.69) is 0 Å². The summed E-state index contributed by atoms with van der Waals surface area (Å²) in [5.74, 6) is -0.800. The molecule has 0 spiro atoms. The molecule has 15 heavy (non-hydrogen) atoms. The number of rotatable bonds is 5. The van der Waals surface area contributed by atoms with Crippen LogP contribution in [0.3, 0.4) is 0 Å². The molecule has 0 aliphatic rings. The molecule has 80 valence electrons. The average molecular weight is 205 g/mol. The van der Waals surface area contributed by atoms with Gasteiger partial charge in [0.1, 0.15) is 5.78 Å². The Hall–Kier alpha value is -1.64. The summed E-state index contributed by atoms with van der Waals surface area (Å²) in [6.07, 6.45) is 0.501. The first-order valence-corrected chi connectivity index (χ1v) is 4.94. The summed E-state index contributed by atoms with van der Waals surface area (Å²) in [4.78, 5) is 22.0. The van der Waals surface area contributed by atoms with Gasteiger partial charge in [0.15, 0.2) is 0 Å². The molecule has 0 aliphatic carbocycles. The Morgan fingerprint density at radius 3 is 2.40 bits per heavy atom. The maximum absolute atomic E-state index is 11.5. The number of carbonyl (C=O) groups is 2. The zero-order valence-corrected chi connectivity index (χ0v) is 8.77. The van der Waals surface area contributed by atoms with Crippen LogP contribution in [0.4, 0.5) is 0 Å². The molecular formula is C12H15NO2. The normalized spacial score (nSPS) is 12.1. The van der Waals surface area contributed by atoms with Gasteiger partial charge in [0.2, 0.25) is 5.91 Å². The second kappa shape index (κ2) is 5.29. The van der Waals surface area contributed by atoms with Crippen molar-refractivity contribution in [2.75, 3.05) is 0 Å². The van der Waals surface area contributed by atoms with Gasteiger partial charge in [-0.25, -0.2) is 0 Å². The van der Waals surface area contributed by atoms with Gasteiger partial charge in [-0.3, -0.25) is 9.59 Å². The summed E-state index contributed by atoms with van der Waals surface area (Å²) in [6.45, 7) is 1.82. The van der Waals surface area contributed by atoms with Gasteiger partial charge < -0.3 is 5.73 Å². The van der Waals surface area contributed by atoms with Crippen molar-refractivity contribution < 1.29 is 9.59 Å². The third-order valence-corrected chi connectivity index (χ3v) is 2.28. The van der Waals surface area contributed by atoms with Gasteiger partial charge in [-0.1, -0.05) is 37.3 Å². The van der Waals surface area contributed by atoms with Crippen LogP contribution in [-0.4, -0.2) is 11.7 Å². The minimum absolute atomic E-state index is 0.0913. The van der Waals surface area contributed by atoms with Gasteiger partial charge in [0.25, 0.3) is 0 Å². The molecule has 1 atom stereocenters. The van der Waals surface area contributed by atoms with Crippen molar-refractivity contribution in [3.63, 3.8) is 0 Å². The van der Waals surface area contributed by atoms with E-state index >= 15 is 0 Å². The molecule has 3 heteroatoms. The van der Waals surface area contributed by atoms with Crippen LogP contribution in [0.2, 0.25) is 0 Å². The summed E-state index contributed by atoms with van der Waals surface area (Å²) < 4.78 is 0. The van der Waals surface area contributed by atoms with E-state index in [0.29, 0.717) is 6.42 Å². The topological polar surface area (TPSA) is 60.2 Å². The molecule has 0 radical (unpaired) electrons. The second-order valence-corrected chi connectivity index (χ2v) is 3.70. The molecule has 0 saturated carbocycles. The Kier molecular flexibility index (Phi) is 4.03. The SMILES string of the molecule is CC(Cc1ccccc1)C(=O)CC(N)=O. The minimum atomic E-state index is -0.556. The molecule has 0 heterocycles. The summed E-state index contributed by atoms with van der Waals surface area (Å²) >= 11 is 0. The molecule has 1 aromatic rings. The molecule has 1 unspecified atom stereocenters. The maximum atomic E-state index is 11.5. The molecule has 1 amide bonds. The number of ketones is 1. The third kappa shape index (κ3) is 3.94. The van der Waals surface area contributed by atoms with Gasteiger partial charge in [-0.15, -0.1) is 0 Å². The molecule has 0 saturated heterocycles. The van der Waals surface area contributed by atoms with Crippen LogP contribution in [0.1, 0.15) is 18.9 Å². The third-order valence-electron chi connectivity index (χ3n) is 2.28. The lowest BCUT2D eigenvalue weighted by Gasteiger charge is -2.08. The van der Waals surface area contributed by atoms with Crippen molar-refractivity contribution >= 4 is 11.7 Å². The summed E-state index contributed by atoms with van der Waals surface area (Å²) in [5.41, 5.74) is 6.06. The summed E-state index contributed by atoms with van der Waals surface area (Å²) in [7, 11) is 0. The fourth-order valence-corrected chi connectivity index (χ4v) is 1.43. The van der Waals surface area contributed by atoms with Crippen LogP contribution in [0, 0.1) is 5.92 Å². The molecule has 0 aromatic heterocycles. The van der Waals surface area contributed by atoms with Crippen molar-refractivity contribution in [3.05, 3.63) is 35.9 Å². The minimum Gasteiger partial charge on any atom is -0.369 e. The van der Waals surface area contributed by atoms with Crippen LogP contribution in [0.25, 0.3) is 0 Å². The number of hydrogen-bond donors (Lipinski definition) is 1. The highest BCUT2D eigenvalue weighted by Gasteiger charge is 2.15. The van der Waals surface area contributed by atoms with Crippen LogP contribution >= 0.6 is 0 Å². The average Bonchev–Trinajstić information content (AvgIpc) is 2.18. The standard InChI is InChI=1S/C12H15NO2/c1-9(11(14)8-12(13)15)7-10-5-3-2-4-6-10/h2-6,9H,7-8H2,1H3,(H2,13,15). The summed E-state index contributed by atoms with van der Waals surface area (Å²) in [5, 5.41) is 0. The van der Waals surface area contributed by atoms with Crippen molar-refractivity contribution in [1.82, 2.24) is 0 Å². The predicted octanol–water partition coefficient (Wildman–Crippen LogP) is 1.31. The first kappa shape index (κ1) is 11.4. The number of hydrogen-bond acceptors (Lipinski definition) is 2. The molecule has 3 nitrogen and oxygen atoms in total. The van der Waals surface area contributed by atoms with E-state index < -0.39 is 5.91 Å². The van der Waals surface area contributed by atoms with Gasteiger partial charge >= 0.3 is 0 Å². The lowest BCUT2D eigenvalue weighted by molar-refractivity contribution is -0.128. The number of nitrogens with two attached hydrogens (primary N) is 1. The largest absolute Gasteiger partial charge is 0.369 e. The van der Waals surface area contributed by atoms with Crippen molar-refractivity contribution in [1.29, 1.82) is 0 Å².